The van der Waals surface area contributed by atoms with Crippen LogP contribution in [0.15, 0.2) is 22.8 Å². The van der Waals surface area contributed by atoms with Crippen molar-refractivity contribution in [3.8, 4) is 5.75 Å². The zero-order valence-electron chi connectivity index (χ0n) is 7.80. The van der Waals surface area contributed by atoms with Gasteiger partial charge in [-0.3, -0.25) is 4.79 Å². The quantitative estimate of drug-likeness (QED) is 0.640. The second-order valence-corrected chi connectivity index (χ2v) is 3.88. The number of aromatic amines is 1. The molecule has 1 heterocycles. The maximum Gasteiger partial charge on any atom is 0.308 e. The summed E-state index contributed by atoms with van der Waals surface area (Å²) in [6.07, 6.45) is 1.65. The van der Waals surface area contributed by atoms with Gasteiger partial charge in [-0.25, -0.2) is 4.39 Å². The fraction of sp³-hybridized carbons (Fsp3) is 0.100. The van der Waals surface area contributed by atoms with E-state index in [0.29, 0.717) is 15.4 Å². The van der Waals surface area contributed by atoms with Gasteiger partial charge in [0.2, 0.25) is 0 Å². The Hall–Kier alpha value is -1.36. The van der Waals surface area contributed by atoms with Crippen molar-refractivity contribution in [2.45, 2.75) is 6.92 Å². The predicted octanol–water partition coefficient (Wildman–Crippen LogP) is 2.99. The smallest absolute Gasteiger partial charge is 0.308 e. The third kappa shape index (κ3) is 1.74. The van der Waals surface area contributed by atoms with E-state index in [1.54, 1.807) is 12.3 Å². The van der Waals surface area contributed by atoms with Crippen LogP contribution in [-0.2, 0) is 4.79 Å². The summed E-state index contributed by atoms with van der Waals surface area (Å²) in [7, 11) is 0. The van der Waals surface area contributed by atoms with Crippen LogP contribution in [0.3, 0.4) is 0 Å². The van der Waals surface area contributed by atoms with Crippen molar-refractivity contribution < 1.29 is 13.9 Å². The van der Waals surface area contributed by atoms with E-state index >= 15 is 0 Å². The molecule has 1 aromatic heterocycles. The highest BCUT2D eigenvalue weighted by molar-refractivity contribution is 9.10. The second-order valence-electron chi connectivity index (χ2n) is 3.03. The molecule has 3 nitrogen and oxygen atoms in total. The molecule has 1 aromatic carbocycles. The molecule has 5 heteroatoms. The third-order valence-electron chi connectivity index (χ3n) is 1.95. The summed E-state index contributed by atoms with van der Waals surface area (Å²) in [5.41, 5.74) is 0.702. The average Bonchev–Trinajstić information content (AvgIpc) is 2.60. The monoisotopic (exact) mass is 271 g/mol. The van der Waals surface area contributed by atoms with Crippen LogP contribution < -0.4 is 4.74 Å². The number of fused-ring (bicyclic) bond motifs is 1. The molecule has 0 saturated heterocycles. The molecule has 0 spiro atoms. The molecule has 2 rings (SSSR count). The Balaban J connectivity index is 2.71. The molecule has 0 atom stereocenters. The van der Waals surface area contributed by atoms with Gasteiger partial charge in [0.25, 0.3) is 0 Å². The Morgan fingerprint density at radius 3 is 3.00 bits per heavy atom. The van der Waals surface area contributed by atoms with E-state index in [1.807, 2.05) is 0 Å². The van der Waals surface area contributed by atoms with Crippen molar-refractivity contribution in [2.75, 3.05) is 0 Å². The third-order valence-corrected chi connectivity index (χ3v) is 2.57. The van der Waals surface area contributed by atoms with Gasteiger partial charge in [0.05, 0.1) is 5.52 Å². The first kappa shape index (κ1) is 10.2. The van der Waals surface area contributed by atoms with Crippen LogP contribution in [0, 0.1) is 5.82 Å². The van der Waals surface area contributed by atoms with E-state index in [0.717, 1.165) is 0 Å². The number of nitrogens with one attached hydrogen (secondary N) is 1. The molecule has 0 unspecified atom stereocenters. The summed E-state index contributed by atoms with van der Waals surface area (Å²) in [4.78, 5) is 13.7. The fourth-order valence-electron chi connectivity index (χ4n) is 1.38. The van der Waals surface area contributed by atoms with Crippen LogP contribution in [0.4, 0.5) is 4.39 Å². The second kappa shape index (κ2) is 3.66. The van der Waals surface area contributed by atoms with Crippen LogP contribution in [0.5, 0.6) is 5.75 Å². The van der Waals surface area contributed by atoms with Gasteiger partial charge in [0.1, 0.15) is 0 Å². The van der Waals surface area contributed by atoms with Gasteiger partial charge in [-0.15, -0.1) is 0 Å². The van der Waals surface area contributed by atoms with E-state index in [1.165, 1.54) is 13.0 Å². The van der Waals surface area contributed by atoms with Crippen LogP contribution in [0.2, 0.25) is 0 Å². The van der Waals surface area contributed by atoms with Crippen molar-refractivity contribution in [3.63, 3.8) is 0 Å². The number of halogens is 2. The highest BCUT2D eigenvalue weighted by Gasteiger charge is 2.14. The number of aromatic nitrogens is 1. The number of hydrogen-bond acceptors (Lipinski definition) is 2. The van der Waals surface area contributed by atoms with E-state index in [-0.39, 0.29) is 5.75 Å². The maximum absolute atomic E-state index is 13.5. The standard InChI is InChI=1S/C10H7BrFNO2/c1-5(14)15-10-6-2-3-13-9(6)7(11)4-8(10)12/h2-4,13H,1H3. The molecule has 1 N–H and O–H groups in total. The molecule has 15 heavy (non-hydrogen) atoms. The van der Waals surface area contributed by atoms with Crippen molar-refractivity contribution in [1.29, 1.82) is 0 Å². The molecule has 0 aliphatic heterocycles. The first-order valence-electron chi connectivity index (χ1n) is 4.23. The number of H-pyrrole nitrogens is 1. The van der Waals surface area contributed by atoms with E-state index in [9.17, 15) is 9.18 Å². The average molecular weight is 272 g/mol. The Kier molecular flexibility index (Phi) is 2.48. The lowest BCUT2D eigenvalue weighted by atomic mass is 10.2. The van der Waals surface area contributed by atoms with Crippen LogP contribution in [0.1, 0.15) is 6.92 Å². The molecule has 78 valence electrons. The number of hydrogen-bond donors (Lipinski definition) is 1. The Labute approximate surface area is 93.4 Å². The number of carbonyl (C=O) groups excluding carboxylic acids is 1. The maximum atomic E-state index is 13.5. The summed E-state index contributed by atoms with van der Waals surface area (Å²) in [6.45, 7) is 1.24. The molecule has 2 aromatic rings. The zero-order chi connectivity index (χ0) is 11.0. The first-order valence-corrected chi connectivity index (χ1v) is 5.02. The lowest BCUT2D eigenvalue weighted by molar-refractivity contribution is -0.132. The molecular weight excluding hydrogens is 265 g/mol. The Morgan fingerprint density at radius 1 is 1.60 bits per heavy atom. The topological polar surface area (TPSA) is 42.1 Å². The lowest BCUT2D eigenvalue weighted by Gasteiger charge is -2.05. The molecule has 0 bridgehead atoms. The normalized spacial score (nSPS) is 10.6. The molecule has 0 fully saturated rings. The molecule has 0 radical (unpaired) electrons. The summed E-state index contributed by atoms with van der Waals surface area (Å²) < 4.78 is 18.9. The Bertz CT molecular complexity index is 535. The lowest BCUT2D eigenvalue weighted by Crippen LogP contribution is -2.03. The SMILES string of the molecule is CC(=O)Oc1c(F)cc(Br)c2[nH]ccc12. The van der Waals surface area contributed by atoms with Crippen molar-refractivity contribution >= 4 is 32.8 Å². The minimum absolute atomic E-state index is 0.0399. The van der Waals surface area contributed by atoms with Gasteiger partial charge in [-0.2, -0.15) is 0 Å². The van der Waals surface area contributed by atoms with Gasteiger partial charge in [0, 0.05) is 23.0 Å². The minimum atomic E-state index is -0.566. The van der Waals surface area contributed by atoms with Crippen LogP contribution >= 0.6 is 15.9 Å². The molecule has 0 amide bonds. The summed E-state index contributed by atoms with van der Waals surface area (Å²) >= 11 is 3.22. The van der Waals surface area contributed by atoms with Gasteiger partial charge < -0.3 is 9.72 Å². The molecule has 0 aliphatic rings. The zero-order valence-corrected chi connectivity index (χ0v) is 9.39. The van der Waals surface area contributed by atoms with Gasteiger partial charge in [0.15, 0.2) is 11.6 Å². The van der Waals surface area contributed by atoms with Crippen molar-refractivity contribution in [2.24, 2.45) is 0 Å². The number of benzene rings is 1. The van der Waals surface area contributed by atoms with Gasteiger partial charge >= 0.3 is 5.97 Å². The van der Waals surface area contributed by atoms with Crippen molar-refractivity contribution in [1.82, 2.24) is 4.98 Å². The largest absolute Gasteiger partial charge is 0.423 e. The van der Waals surface area contributed by atoms with E-state index in [4.69, 9.17) is 4.74 Å². The summed E-state index contributed by atoms with van der Waals surface area (Å²) in [6, 6.07) is 2.92. The Morgan fingerprint density at radius 2 is 2.33 bits per heavy atom. The highest BCUT2D eigenvalue weighted by atomic mass is 79.9. The van der Waals surface area contributed by atoms with Gasteiger partial charge in [-0.1, -0.05) is 0 Å². The predicted molar refractivity (Wildman–Crippen MR) is 57.3 cm³/mol. The minimum Gasteiger partial charge on any atom is -0.423 e. The van der Waals surface area contributed by atoms with Crippen LogP contribution in [-0.4, -0.2) is 11.0 Å². The fourth-order valence-corrected chi connectivity index (χ4v) is 1.91. The van der Waals surface area contributed by atoms with Crippen LogP contribution in [0.25, 0.3) is 10.9 Å². The number of carbonyl (C=O) groups is 1. The first-order chi connectivity index (χ1) is 7.09. The van der Waals surface area contributed by atoms with Crippen molar-refractivity contribution in [3.05, 3.63) is 28.6 Å². The summed E-state index contributed by atoms with van der Waals surface area (Å²) in [5.74, 6) is -1.15. The van der Waals surface area contributed by atoms with E-state index in [2.05, 4.69) is 20.9 Å². The molecule has 0 saturated carbocycles. The number of ether oxygens (including phenoxy) is 1. The summed E-state index contributed by atoms with van der Waals surface area (Å²) in [5, 5.41) is 0.539. The molecular formula is C10H7BrFNO2. The number of esters is 1. The van der Waals surface area contributed by atoms with E-state index < -0.39 is 11.8 Å². The highest BCUT2D eigenvalue weighted by Crippen LogP contribution is 2.33. The number of rotatable bonds is 1. The molecule has 0 aliphatic carbocycles. The van der Waals surface area contributed by atoms with Gasteiger partial charge in [-0.05, 0) is 28.1 Å².